The van der Waals surface area contributed by atoms with Gasteiger partial charge in [-0.2, -0.15) is 18.4 Å². The molecule has 35 heavy (non-hydrogen) atoms. The number of amides is 2. The van der Waals surface area contributed by atoms with Gasteiger partial charge in [-0.1, -0.05) is 17.2 Å². The minimum atomic E-state index is -4.62. The van der Waals surface area contributed by atoms with E-state index < -0.39 is 29.3 Å². The molecule has 0 radical (unpaired) electrons. The first-order valence-electron chi connectivity index (χ1n) is 11.5. The van der Waals surface area contributed by atoms with Crippen molar-refractivity contribution in [2.24, 2.45) is 11.1 Å². The Morgan fingerprint density at radius 3 is 2.26 bits per heavy atom. The number of rotatable bonds is 3. The van der Waals surface area contributed by atoms with Gasteiger partial charge >= 0.3 is 6.18 Å². The number of benzene rings is 2. The molecule has 1 spiro atoms. The van der Waals surface area contributed by atoms with Crippen molar-refractivity contribution in [2.45, 2.75) is 45.3 Å². The van der Waals surface area contributed by atoms with E-state index >= 15 is 0 Å². The monoisotopic (exact) mass is 484 g/mol. The number of aryl methyl sites for hydroxylation is 2. The van der Waals surface area contributed by atoms with Crippen molar-refractivity contribution in [2.75, 3.05) is 24.5 Å². The molecule has 2 aliphatic rings. The van der Waals surface area contributed by atoms with Crippen LogP contribution in [0.25, 0.3) is 0 Å². The van der Waals surface area contributed by atoms with Gasteiger partial charge in [0.1, 0.15) is 6.04 Å². The highest BCUT2D eigenvalue weighted by molar-refractivity contribution is 5.98. The SMILES string of the molecule is Cc1cc(C)cc(C(=O)N2CC3(CCN(c4ccc(C#N)c(C(F)(F)F)c4)CC3)CC2C(N)=O)c1. The average Bonchev–Trinajstić information content (AvgIpc) is 3.17. The van der Waals surface area contributed by atoms with Crippen LogP contribution in [0.15, 0.2) is 36.4 Å². The second-order valence-electron chi connectivity index (χ2n) is 9.76. The summed E-state index contributed by atoms with van der Waals surface area (Å²) in [5, 5.41) is 9.04. The number of halogens is 3. The minimum Gasteiger partial charge on any atom is -0.371 e. The molecule has 1 unspecified atom stereocenters. The molecule has 0 bridgehead atoms. The zero-order valence-corrected chi connectivity index (χ0v) is 19.7. The number of nitriles is 1. The highest BCUT2D eigenvalue weighted by atomic mass is 19.4. The molecule has 184 valence electrons. The predicted octanol–water partition coefficient (Wildman–Crippen LogP) is 4.18. The molecule has 6 nitrogen and oxygen atoms in total. The molecule has 0 saturated carbocycles. The van der Waals surface area contributed by atoms with Crippen molar-refractivity contribution >= 4 is 17.5 Å². The Morgan fingerprint density at radius 2 is 1.71 bits per heavy atom. The third kappa shape index (κ3) is 4.83. The number of primary amides is 1. The lowest BCUT2D eigenvalue weighted by Crippen LogP contribution is -2.44. The Balaban J connectivity index is 1.53. The average molecular weight is 485 g/mol. The molecule has 2 aromatic rings. The van der Waals surface area contributed by atoms with E-state index in [-0.39, 0.29) is 11.3 Å². The van der Waals surface area contributed by atoms with Crippen LogP contribution in [-0.4, -0.2) is 42.4 Å². The van der Waals surface area contributed by atoms with Crippen molar-refractivity contribution in [1.29, 1.82) is 5.26 Å². The van der Waals surface area contributed by atoms with Crippen LogP contribution in [0.4, 0.5) is 18.9 Å². The standard InChI is InChI=1S/C26H27F3N4O2/c1-16-9-17(2)11-19(10-16)24(35)33-15-25(13-22(33)23(31)34)5-7-32(8-6-25)20-4-3-18(14-30)21(12-20)26(27,28)29/h3-4,9-12,22H,5-8,13,15H2,1-2H3,(H2,31,34). The number of nitrogens with two attached hydrogens (primary N) is 1. The van der Waals surface area contributed by atoms with Crippen molar-refractivity contribution in [3.63, 3.8) is 0 Å². The molecule has 2 amide bonds. The molecule has 1 atom stereocenters. The lowest BCUT2D eigenvalue weighted by Gasteiger charge is -2.40. The van der Waals surface area contributed by atoms with E-state index in [1.165, 1.54) is 12.1 Å². The highest BCUT2D eigenvalue weighted by Crippen LogP contribution is 2.45. The van der Waals surface area contributed by atoms with Crippen LogP contribution in [0.5, 0.6) is 0 Å². The van der Waals surface area contributed by atoms with Gasteiger partial charge in [-0.3, -0.25) is 9.59 Å². The quantitative estimate of drug-likeness (QED) is 0.708. The molecule has 0 aromatic heterocycles. The number of nitrogens with zero attached hydrogens (tertiary/aromatic N) is 3. The highest BCUT2D eigenvalue weighted by Gasteiger charge is 2.49. The fraction of sp³-hybridized carbons (Fsp3) is 0.423. The zero-order chi connectivity index (χ0) is 25.5. The number of carbonyl (C=O) groups excluding carboxylic acids is 2. The summed E-state index contributed by atoms with van der Waals surface area (Å²) in [6.07, 6.45) is -2.97. The molecule has 2 N–H and O–H groups in total. The Labute approximate surface area is 202 Å². The van der Waals surface area contributed by atoms with Crippen LogP contribution in [0, 0.1) is 30.6 Å². The minimum absolute atomic E-state index is 0.234. The van der Waals surface area contributed by atoms with Gasteiger partial charge in [0.05, 0.1) is 17.2 Å². The second kappa shape index (κ2) is 8.91. The molecular weight excluding hydrogens is 457 g/mol. The van der Waals surface area contributed by atoms with E-state index in [4.69, 9.17) is 11.0 Å². The van der Waals surface area contributed by atoms with Crippen LogP contribution in [-0.2, 0) is 11.0 Å². The first-order valence-corrected chi connectivity index (χ1v) is 11.5. The number of piperidine rings is 1. The third-order valence-corrected chi connectivity index (χ3v) is 7.18. The summed E-state index contributed by atoms with van der Waals surface area (Å²) in [5.41, 5.74) is 6.82. The molecule has 2 aliphatic heterocycles. The van der Waals surface area contributed by atoms with Gasteiger partial charge in [0.25, 0.3) is 5.91 Å². The Kier molecular flexibility index (Phi) is 6.26. The van der Waals surface area contributed by atoms with E-state index in [0.29, 0.717) is 50.1 Å². The predicted molar refractivity (Wildman–Crippen MR) is 125 cm³/mol. The van der Waals surface area contributed by atoms with E-state index in [0.717, 1.165) is 17.2 Å². The summed E-state index contributed by atoms with van der Waals surface area (Å²) in [4.78, 5) is 29.0. The van der Waals surface area contributed by atoms with E-state index in [1.54, 1.807) is 23.1 Å². The summed E-state index contributed by atoms with van der Waals surface area (Å²) < 4.78 is 40.2. The number of hydrogen-bond donors (Lipinski definition) is 1. The second-order valence-corrected chi connectivity index (χ2v) is 9.76. The topological polar surface area (TPSA) is 90.4 Å². The normalized spacial score (nSPS) is 19.6. The maximum Gasteiger partial charge on any atom is 0.417 e. The van der Waals surface area contributed by atoms with Crippen molar-refractivity contribution < 1.29 is 22.8 Å². The van der Waals surface area contributed by atoms with E-state index in [9.17, 15) is 22.8 Å². The molecule has 2 saturated heterocycles. The van der Waals surface area contributed by atoms with E-state index in [2.05, 4.69) is 0 Å². The van der Waals surface area contributed by atoms with Gasteiger partial charge < -0.3 is 15.5 Å². The fourth-order valence-electron chi connectivity index (χ4n) is 5.45. The van der Waals surface area contributed by atoms with Gasteiger partial charge in [-0.05, 0) is 68.9 Å². The first kappa shape index (κ1) is 24.6. The smallest absolute Gasteiger partial charge is 0.371 e. The molecule has 2 aromatic carbocycles. The first-order chi connectivity index (χ1) is 16.4. The zero-order valence-electron chi connectivity index (χ0n) is 19.7. The largest absolute Gasteiger partial charge is 0.417 e. The molecule has 9 heteroatoms. The third-order valence-electron chi connectivity index (χ3n) is 7.18. The Bertz CT molecular complexity index is 1190. The number of alkyl halides is 3. The van der Waals surface area contributed by atoms with Gasteiger partial charge in [0.2, 0.25) is 5.91 Å². The Morgan fingerprint density at radius 1 is 1.09 bits per heavy atom. The van der Waals surface area contributed by atoms with Crippen molar-refractivity contribution in [3.8, 4) is 6.07 Å². The maximum atomic E-state index is 13.4. The summed E-state index contributed by atoms with van der Waals surface area (Å²) in [5.74, 6) is -0.786. The lowest BCUT2D eigenvalue weighted by atomic mass is 9.76. The molecule has 2 heterocycles. The van der Waals surface area contributed by atoms with Crippen LogP contribution >= 0.6 is 0 Å². The molecular formula is C26H27F3N4O2. The molecule has 0 aliphatic carbocycles. The maximum absolute atomic E-state index is 13.4. The summed E-state index contributed by atoms with van der Waals surface area (Å²) in [7, 11) is 0. The van der Waals surface area contributed by atoms with E-state index in [1.807, 2.05) is 24.8 Å². The summed E-state index contributed by atoms with van der Waals surface area (Å²) in [6, 6.07) is 10.2. The van der Waals surface area contributed by atoms with Crippen molar-refractivity contribution in [1.82, 2.24) is 4.90 Å². The van der Waals surface area contributed by atoms with Crippen LogP contribution in [0.3, 0.4) is 0 Å². The molecule has 2 fully saturated rings. The Hall–Kier alpha value is -3.54. The summed E-state index contributed by atoms with van der Waals surface area (Å²) >= 11 is 0. The van der Waals surface area contributed by atoms with Crippen LogP contribution < -0.4 is 10.6 Å². The number of anilines is 1. The van der Waals surface area contributed by atoms with Gasteiger partial charge in [0.15, 0.2) is 0 Å². The fourth-order valence-corrected chi connectivity index (χ4v) is 5.45. The van der Waals surface area contributed by atoms with Crippen LogP contribution in [0.1, 0.15) is 51.9 Å². The number of hydrogen-bond acceptors (Lipinski definition) is 4. The lowest BCUT2D eigenvalue weighted by molar-refractivity contribution is -0.137. The number of carbonyl (C=O) groups is 2. The van der Waals surface area contributed by atoms with Gasteiger partial charge in [-0.15, -0.1) is 0 Å². The van der Waals surface area contributed by atoms with Gasteiger partial charge in [-0.25, -0.2) is 0 Å². The van der Waals surface area contributed by atoms with Gasteiger partial charge in [0, 0.05) is 30.9 Å². The van der Waals surface area contributed by atoms with Crippen molar-refractivity contribution in [3.05, 3.63) is 64.2 Å². The van der Waals surface area contributed by atoms with Crippen LogP contribution in [0.2, 0.25) is 0 Å². The summed E-state index contributed by atoms with van der Waals surface area (Å²) in [6.45, 7) is 5.13. The number of likely N-dealkylation sites (tertiary alicyclic amines) is 1. The molecule has 4 rings (SSSR count).